The van der Waals surface area contributed by atoms with E-state index in [0.29, 0.717) is 25.9 Å². The number of hydrogen-bond acceptors (Lipinski definition) is 5. The lowest BCUT2D eigenvalue weighted by atomic mass is 10.0. The molecule has 0 saturated carbocycles. The number of unbranched alkanes of at least 4 members (excludes halogenated alkanes) is 39. The lowest BCUT2D eigenvalue weighted by molar-refractivity contribution is -0.143. The maximum absolute atomic E-state index is 12.4. The number of esters is 1. The summed E-state index contributed by atoms with van der Waals surface area (Å²) in [4.78, 5) is 24.5. The normalized spacial score (nSPS) is 12.7. The average Bonchev–Trinajstić information content (AvgIpc) is 3.31. The predicted octanol–water partition coefficient (Wildman–Crippen LogP) is 17.9. The van der Waals surface area contributed by atoms with E-state index in [-0.39, 0.29) is 18.5 Å². The monoisotopic (exact) mass is 916 g/mol. The highest BCUT2D eigenvalue weighted by atomic mass is 16.5. The number of carbonyl (C=O) groups excluding carboxylic acids is 2. The van der Waals surface area contributed by atoms with E-state index in [4.69, 9.17) is 4.74 Å². The molecule has 0 aliphatic heterocycles. The first kappa shape index (κ1) is 63.3. The highest BCUT2D eigenvalue weighted by molar-refractivity contribution is 5.76. The molecular weight excluding hydrogens is 803 g/mol. The zero-order valence-electron chi connectivity index (χ0n) is 43.7. The molecule has 6 heteroatoms. The molecule has 0 spiro atoms. The van der Waals surface area contributed by atoms with Crippen molar-refractivity contribution in [1.82, 2.24) is 5.32 Å². The molecule has 0 aliphatic carbocycles. The molecule has 1 amide bonds. The Hall–Kier alpha value is -1.66. The van der Waals surface area contributed by atoms with Gasteiger partial charge in [0.15, 0.2) is 0 Å². The zero-order chi connectivity index (χ0) is 47.2. The molecule has 384 valence electrons. The van der Waals surface area contributed by atoms with Gasteiger partial charge in [0.2, 0.25) is 5.91 Å². The van der Waals surface area contributed by atoms with E-state index in [1.165, 1.54) is 231 Å². The SMILES string of the molecule is CCCCCC/C=C\C/C=C\CCCCCCCCCC(=O)OCCCCCCCCCCCCCCCCCCCCCC(=O)NC(CO)C(O)CCCCCCCCCCCCC. The summed E-state index contributed by atoms with van der Waals surface area (Å²) in [7, 11) is 0. The molecule has 2 unspecified atom stereocenters. The standard InChI is InChI=1S/C59H113NO5/c1-3-5-7-9-11-13-15-16-17-18-23-26-29-33-37-41-45-49-53-59(64)65-54-50-46-42-38-34-30-27-24-21-19-20-22-25-28-32-36-40-44-48-52-58(63)60-56(55-61)57(62)51-47-43-39-35-31-14-12-10-8-6-4-2/h13,15,17-18,56-57,61-62H,3-12,14,16,19-55H2,1-2H3,(H,60,63)/b15-13-,18-17-. The summed E-state index contributed by atoms with van der Waals surface area (Å²) >= 11 is 0. The van der Waals surface area contributed by atoms with Gasteiger partial charge in [-0.05, 0) is 57.8 Å². The molecule has 65 heavy (non-hydrogen) atoms. The topological polar surface area (TPSA) is 95.9 Å². The largest absolute Gasteiger partial charge is 0.466 e. The van der Waals surface area contributed by atoms with Gasteiger partial charge in [-0.1, -0.05) is 269 Å². The van der Waals surface area contributed by atoms with Gasteiger partial charge in [0.25, 0.3) is 0 Å². The van der Waals surface area contributed by atoms with E-state index in [1.54, 1.807) is 0 Å². The smallest absolute Gasteiger partial charge is 0.305 e. The molecule has 0 rings (SSSR count). The molecule has 0 aromatic carbocycles. The molecule has 3 N–H and O–H groups in total. The van der Waals surface area contributed by atoms with Gasteiger partial charge in [0.1, 0.15) is 0 Å². The van der Waals surface area contributed by atoms with Gasteiger partial charge >= 0.3 is 5.97 Å². The van der Waals surface area contributed by atoms with Crippen LogP contribution in [0.2, 0.25) is 0 Å². The van der Waals surface area contributed by atoms with Crippen molar-refractivity contribution in [3.63, 3.8) is 0 Å². The van der Waals surface area contributed by atoms with Gasteiger partial charge in [-0.3, -0.25) is 9.59 Å². The van der Waals surface area contributed by atoms with E-state index in [1.807, 2.05) is 0 Å². The van der Waals surface area contributed by atoms with Crippen molar-refractivity contribution in [2.24, 2.45) is 0 Å². The molecule has 0 aromatic heterocycles. The van der Waals surface area contributed by atoms with Crippen molar-refractivity contribution in [1.29, 1.82) is 0 Å². The number of hydrogen-bond donors (Lipinski definition) is 3. The Morgan fingerprint density at radius 3 is 1.18 bits per heavy atom. The zero-order valence-corrected chi connectivity index (χ0v) is 43.7. The summed E-state index contributed by atoms with van der Waals surface area (Å²) in [5.74, 6) is -0.0366. The van der Waals surface area contributed by atoms with Crippen molar-refractivity contribution in [3.8, 4) is 0 Å². The Balaban J connectivity index is 3.38. The van der Waals surface area contributed by atoms with Crippen LogP contribution in [0.1, 0.15) is 316 Å². The van der Waals surface area contributed by atoms with Crippen molar-refractivity contribution < 1.29 is 24.5 Å². The van der Waals surface area contributed by atoms with Gasteiger partial charge in [-0.25, -0.2) is 0 Å². The lowest BCUT2D eigenvalue weighted by Crippen LogP contribution is -2.45. The first-order chi connectivity index (χ1) is 32.0. The summed E-state index contributed by atoms with van der Waals surface area (Å²) in [5.41, 5.74) is 0. The Morgan fingerprint density at radius 2 is 0.769 bits per heavy atom. The van der Waals surface area contributed by atoms with Crippen LogP contribution in [0.4, 0.5) is 0 Å². The average molecular weight is 917 g/mol. The fraction of sp³-hybridized carbons (Fsp3) is 0.898. The van der Waals surface area contributed by atoms with Crippen LogP contribution in [-0.2, 0) is 14.3 Å². The third-order valence-corrected chi connectivity index (χ3v) is 13.5. The maximum atomic E-state index is 12.4. The summed E-state index contributed by atoms with van der Waals surface area (Å²) in [6.07, 6.45) is 66.0. The Bertz CT molecular complexity index is 1010. The van der Waals surface area contributed by atoms with E-state index >= 15 is 0 Å². The molecule has 0 saturated heterocycles. The van der Waals surface area contributed by atoms with Gasteiger partial charge in [0, 0.05) is 12.8 Å². The number of aliphatic hydroxyl groups excluding tert-OH is 2. The molecule has 0 bridgehead atoms. The third kappa shape index (κ3) is 51.6. The number of allylic oxidation sites excluding steroid dienone is 4. The number of ether oxygens (including phenoxy) is 1. The molecule has 2 atom stereocenters. The number of carbonyl (C=O) groups is 2. The maximum Gasteiger partial charge on any atom is 0.305 e. The molecular formula is C59H113NO5. The van der Waals surface area contributed by atoms with E-state index in [0.717, 1.165) is 51.4 Å². The predicted molar refractivity (Wildman–Crippen MR) is 283 cm³/mol. The summed E-state index contributed by atoms with van der Waals surface area (Å²) in [6.45, 7) is 4.93. The summed E-state index contributed by atoms with van der Waals surface area (Å²) in [5, 5.41) is 23.2. The number of aliphatic hydroxyl groups is 2. The quantitative estimate of drug-likeness (QED) is 0.0321. The molecule has 0 fully saturated rings. The Morgan fingerprint density at radius 1 is 0.431 bits per heavy atom. The number of amides is 1. The van der Waals surface area contributed by atoms with Crippen LogP contribution in [-0.4, -0.2) is 47.4 Å². The van der Waals surface area contributed by atoms with Crippen LogP contribution in [0.15, 0.2) is 24.3 Å². The first-order valence-electron chi connectivity index (χ1n) is 29.1. The van der Waals surface area contributed by atoms with Gasteiger partial charge in [-0.2, -0.15) is 0 Å². The van der Waals surface area contributed by atoms with Crippen LogP contribution in [0.25, 0.3) is 0 Å². The lowest BCUT2D eigenvalue weighted by Gasteiger charge is -2.22. The Labute approximate surface area is 405 Å². The minimum absolute atomic E-state index is 0.00185. The second-order valence-corrected chi connectivity index (χ2v) is 20.0. The van der Waals surface area contributed by atoms with Crippen LogP contribution in [0.3, 0.4) is 0 Å². The molecule has 0 aromatic rings. The minimum atomic E-state index is -0.665. The highest BCUT2D eigenvalue weighted by Gasteiger charge is 2.20. The fourth-order valence-corrected chi connectivity index (χ4v) is 9.02. The van der Waals surface area contributed by atoms with Crippen LogP contribution in [0, 0.1) is 0 Å². The van der Waals surface area contributed by atoms with Gasteiger partial charge in [-0.15, -0.1) is 0 Å². The van der Waals surface area contributed by atoms with Crippen molar-refractivity contribution in [2.45, 2.75) is 328 Å². The van der Waals surface area contributed by atoms with Crippen molar-refractivity contribution in [3.05, 3.63) is 24.3 Å². The van der Waals surface area contributed by atoms with Crippen LogP contribution in [0.5, 0.6) is 0 Å². The molecule has 0 radical (unpaired) electrons. The van der Waals surface area contributed by atoms with Crippen molar-refractivity contribution >= 4 is 11.9 Å². The fourth-order valence-electron chi connectivity index (χ4n) is 9.02. The van der Waals surface area contributed by atoms with Crippen molar-refractivity contribution in [2.75, 3.05) is 13.2 Å². The van der Waals surface area contributed by atoms with E-state index in [2.05, 4.69) is 43.5 Å². The van der Waals surface area contributed by atoms with Crippen LogP contribution >= 0.6 is 0 Å². The molecule has 0 aliphatic rings. The molecule has 6 nitrogen and oxygen atoms in total. The number of nitrogens with one attached hydrogen (secondary N) is 1. The van der Waals surface area contributed by atoms with Gasteiger partial charge in [0.05, 0.1) is 25.4 Å². The molecule has 0 heterocycles. The second kappa shape index (κ2) is 54.9. The number of rotatable bonds is 54. The van der Waals surface area contributed by atoms with E-state index in [9.17, 15) is 19.8 Å². The minimum Gasteiger partial charge on any atom is -0.466 e. The second-order valence-electron chi connectivity index (χ2n) is 20.0. The summed E-state index contributed by atoms with van der Waals surface area (Å²) < 4.78 is 5.49. The first-order valence-corrected chi connectivity index (χ1v) is 29.1. The summed E-state index contributed by atoms with van der Waals surface area (Å²) in [6, 6.07) is -0.542. The third-order valence-electron chi connectivity index (χ3n) is 13.5. The van der Waals surface area contributed by atoms with Gasteiger partial charge < -0.3 is 20.3 Å². The highest BCUT2D eigenvalue weighted by Crippen LogP contribution is 2.17. The Kier molecular flexibility index (Phi) is 53.5. The van der Waals surface area contributed by atoms with Crippen LogP contribution < -0.4 is 5.32 Å². The van der Waals surface area contributed by atoms with E-state index < -0.39 is 12.1 Å².